The minimum atomic E-state index is -2.04. The summed E-state index contributed by atoms with van der Waals surface area (Å²) >= 11 is 0. The maximum Gasteiger partial charge on any atom is 0.312 e. The zero-order valence-electron chi connectivity index (χ0n) is 35.4. The Balaban J connectivity index is 1.82. The molecule has 0 saturated carbocycles. The van der Waals surface area contributed by atoms with Crippen molar-refractivity contribution in [2.75, 3.05) is 19.0 Å². The number of anilines is 1. The van der Waals surface area contributed by atoms with Gasteiger partial charge in [0.2, 0.25) is 0 Å². The van der Waals surface area contributed by atoms with Crippen LogP contribution in [-0.4, -0.2) is 97.5 Å². The van der Waals surface area contributed by atoms with Crippen LogP contribution in [0, 0.1) is 37.5 Å². The average Bonchev–Trinajstić information content (AvgIpc) is 3.62. The zero-order valence-corrected chi connectivity index (χ0v) is 35.4. The Bertz CT molecular complexity index is 2290. The summed E-state index contributed by atoms with van der Waals surface area (Å²) in [5, 5.41) is 59.6. The minimum absolute atomic E-state index is 0.00513. The number of nitrogens with one attached hydrogen (secondary N) is 1. The van der Waals surface area contributed by atoms with Crippen LogP contribution in [-0.2, 0) is 30.3 Å². The van der Waals surface area contributed by atoms with E-state index in [1.54, 1.807) is 51.3 Å². The van der Waals surface area contributed by atoms with Crippen LogP contribution in [0.15, 0.2) is 36.1 Å². The summed E-state index contributed by atoms with van der Waals surface area (Å²) in [6, 6.07) is 0. The second-order valence-electron chi connectivity index (χ2n) is 16.0. The van der Waals surface area contributed by atoms with E-state index in [4.69, 9.17) is 18.9 Å². The van der Waals surface area contributed by atoms with Crippen LogP contribution in [0.2, 0.25) is 0 Å². The molecule has 2 aliphatic heterocycles. The molecule has 2 aliphatic rings. The molecule has 59 heavy (non-hydrogen) atoms. The highest BCUT2D eigenvalue weighted by molar-refractivity contribution is 6.31. The number of esters is 1. The molecule has 2 aromatic carbocycles. The van der Waals surface area contributed by atoms with Crippen molar-refractivity contribution in [3.8, 4) is 17.2 Å². The van der Waals surface area contributed by atoms with E-state index in [1.165, 1.54) is 60.1 Å². The quantitative estimate of drug-likeness (QED) is 0.106. The number of aromatic nitrogens is 1. The van der Waals surface area contributed by atoms with E-state index in [0.29, 0.717) is 5.69 Å². The third-order valence-corrected chi connectivity index (χ3v) is 12.0. The number of allylic oxidation sites excluding steroid dienone is 2. The van der Waals surface area contributed by atoms with Gasteiger partial charge in [-0.1, -0.05) is 45.9 Å². The number of phenolic OH excluding ortho intramolecular Hbond substituents is 2. The first kappa shape index (κ1) is 44.9. The van der Waals surface area contributed by atoms with Crippen molar-refractivity contribution in [3.63, 3.8) is 0 Å². The van der Waals surface area contributed by atoms with Gasteiger partial charge in [-0.2, -0.15) is 0 Å². The van der Waals surface area contributed by atoms with Gasteiger partial charge in [-0.05, 0) is 33.8 Å². The zero-order chi connectivity index (χ0) is 44.0. The predicted molar refractivity (Wildman–Crippen MR) is 219 cm³/mol. The van der Waals surface area contributed by atoms with Gasteiger partial charge in [-0.3, -0.25) is 19.2 Å². The number of hydrogen-bond acceptors (Lipinski definition) is 13. The fourth-order valence-corrected chi connectivity index (χ4v) is 8.53. The van der Waals surface area contributed by atoms with Crippen LogP contribution in [0.1, 0.15) is 87.4 Å². The number of aliphatic hydroxyl groups is 3. The van der Waals surface area contributed by atoms with Crippen LogP contribution < -0.4 is 10.1 Å². The highest BCUT2D eigenvalue weighted by Gasteiger charge is 2.50. The number of nitrogens with zero attached hydrogens (tertiary/aromatic N) is 1. The molecule has 0 spiro atoms. The second-order valence-corrected chi connectivity index (χ2v) is 16.0. The highest BCUT2D eigenvalue weighted by Crippen LogP contribution is 2.55. The number of aromatic hydroxyl groups is 2. The first-order valence-corrected chi connectivity index (χ1v) is 19.6. The smallest absolute Gasteiger partial charge is 0.312 e. The number of benzene rings is 2. The summed E-state index contributed by atoms with van der Waals surface area (Å²) in [7, 11) is 1.43. The monoisotopic (exact) mass is 820 g/mol. The summed E-state index contributed by atoms with van der Waals surface area (Å²) in [5.41, 5.74) is 0.591. The molecule has 0 aliphatic carbocycles. The molecule has 320 valence electrons. The lowest BCUT2D eigenvalue weighted by atomic mass is 9.78. The molecule has 0 fully saturated rings. The van der Waals surface area contributed by atoms with E-state index in [0.717, 1.165) is 0 Å². The number of Topliss-reactive ketones (excluding diaryl/α,β-unsaturated/α-hetero) is 2. The third-order valence-electron chi connectivity index (χ3n) is 12.0. The van der Waals surface area contributed by atoms with E-state index in [2.05, 4.69) is 5.32 Å². The third kappa shape index (κ3) is 7.84. The van der Waals surface area contributed by atoms with Crippen LogP contribution in [0.25, 0.3) is 21.7 Å². The number of phenols is 2. The molecule has 15 nitrogen and oxygen atoms in total. The molecule has 6 N–H and O–H groups in total. The molecule has 4 bridgehead atoms. The van der Waals surface area contributed by atoms with Gasteiger partial charge in [-0.25, -0.2) is 0 Å². The Morgan fingerprint density at radius 1 is 0.932 bits per heavy atom. The highest BCUT2D eigenvalue weighted by atomic mass is 16.7. The second kappa shape index (κ2) is 17.2. The maximum absolute atomic E-state index is 14.7. The van der Waals surface area contributed by atoms with E-state index < -0.39 is 95.4 Å². The summed E-state index contributed by atoms with van der Waals surface area (Å²) in [4.78, 5) is 54.3. The molecule has 3 aromatic rings. The van der Waals surface area contributed by atoms with Crippen LogP contribution in [0.3, 0.4) is 0 Å². The first-order chi connectivity index (χ1) is 27.6. The largest absolute Gasteiger partial charge is 0.507 e. The van der Waals surface area contributed by atoms with E-state index in [-0.39, 0.29) is 61.9 Å². The first-order valence-electron chi connectivity index (χ1n) is 19.6. The number of methoxy groups -OCH3 is 1. The van der Waals surface area contributed by atoms with Gasteiger partial charge in [0.05, 0.1) is 53.3 Å². The number of ether oxygens (including phenoxy) is 4. The van der Waals surface area contributed by atoms with E-state index in [9.17, 15) is 44.7 Å². The van der Waals surface area contributed by atoms with Crippen molar-refractivity contribution >= 4 is 50.8 Å². The number of rotatable bonds is 5. The molecule has 0 radical (unpaired) electrons. The SMILES string of the molecule is COC1/C=C/OC2(C)Oc3c(C)c(O)c4c(O)c(c5c(C(C)=O)c(C)n(CCO)c5c4c3C2=O)NC(=O)C(C)=C/C=C\C(C)C(O)C(C)C(O)C(C)C(OC(C)=O)C1C. The number of aliphatic hydroxyl groups excluding tert-OH is 3. The Labute approximate surface area is 342 Å². The molecule has 9 unspecified atom stereocenters. The molecule has 9 atom stereocenters. The Kier molecular flexibility index (Phi) is 13.1. The van der Waals surface area contributed by atoms with Gasteiger partial charge in [0.15, 0.2) is 11.5 Å². The van der Waals surface area contributed by atoms with Crippen molar-refractivity contribution in [2.45, 2.75) is 106 Å². The topological polar surface area (TPSA) is 223 Å². The fourth-order valence-electron chi connectivity index (χ4n) is 8.53. The van der Waals surface area contributed by atoms with E-state index in [1.807, 2.05) is 0 Å². The number of carbonyl (C=O) groups excluding carboxylic acids is 4. The van der Waals surface area contributed by atoms with Crippen molar-refractivity contribution in [3.05, 3.63) is 58.5 Å². The Morgan fingerprint density at radius 3 is 2.19 bits per heavy atom. The van der Waals surface area contributed by atoms with Gasteiger partial charge in [0.1, 0.15) is 17.6 Å². The standard InChI is InChI=1S/C44H56N2O13/c1-19-13-12-14-20(2)43(55)45-34-31-29(26(8)48)25(7)46(16-17-47)35(31)30-32(39(34)53)38(52)24(6)41-33(30)42(54)44(10,59-41)57-18-15-28(56-11)21(3)40(58-27(9)49)23(5)37(51)22(4)36(19)50/h12-15,18-19,21-23,28,36-37,40,47,50-53H,16-17H2,1-11H3,(H,45,55)/b13-12-,18-15+,20-14?. The van der Waals surface area contributed by atoms with Crippen molar-refractivity contribution in [2.24, 2.45) is 23.7 Å². The van der Waals surface area contributed by atoms with Crippen LogP contribution in [0.5, 0.6) is 17.2 Å². The van der Waals surface area contributed by atoms with Gasteiger partial charge < -0.3 is 54.4 Å². The molecular weight excluding hydrogens is 764 g/mol. The number of fused-ring (bicyclic) bond motifs is 1. The van der Waals surface area contributed by atoms with Crippen molar-refractivity contribution in [1.82, 2.24) is 4.57 Å². The summed E-state index contributed by atoms with van der Waals surface area (Å²) in [6.07, 6.45) is 3.51. The number of hydrogen-bond donors (Lipinski definition) is 6. The van der Waals surface area contributed by atoms with Crippen molar-refractivity contribution < 1.29 is 63.7 Å². The summed E-state index contributed by atoms with van der Waals surface area (Å²) < 4.78 is 25.4. The molecule has 0 saturated heterocycles. The average molecular weight is 821 g/mol. The lowest BCUT2D eigenvalue weighted by Gasteiger charge is -2.38. The molecule has 1 amide bonds. The van der Waals surface area contributed by atoms with Crippen LogP contribution in [0.4, 0.5) is 5.69 Å². The number of ketones is 2. The van der Waals surface area contributed by atoms with Gasteiger partial charge in [0, 0.05) is 84.3 Å². The van der Waals surface area contributed by atoms with E-state index >= 15 is 0 Å². The molecule has 5 rings (SSSR count). The maximum atomic E-state index is 14.7. The lowest BCUT2D eigenvalue weighted by Crippen LogP contribution is -2.46. The van der Waals surface area contributed by atoms with Crippen LogP contribution >= 0.6 is 0 Å². The summed E-state index contributed by atoms with van der Waals surface area (Å²) in [6.45, 7) is 15.0. The summed E-state index contributed by atoms with van der Waals surface area (Å²) in [5.74, 6) is -8.13. The minimum Gasteiger partial charge on any atom is -0.507 e. The van der Waals surface area contributed by atoms with Gasteiger partial charge in [-0.15, -0.1) is 0 Å². The fraction of sp³-hybridized carbons (Fsp3) is 0.500. The predicted octanol–water partition coefficient (Wildman–Crippen LogP) is 5.51. The normalized spacial score (nSPS) is 29.2. The van der Waals surface area contributed by atoms with Gasteiger partial charge in [0.25, 0.3) is 11.7 Å². The Morgan fingerprint density at radius 2 is 1.59 bits per heavy atom. The Hall–Kier alpha value is -5.22. The molecular formula is C44H56N2O13. The molecule has 15 heteroatoms. The molecule has 1 aromatic heterocycles. The lowest BCUT2D eigenvalue weighted by molar-refractivity contribution is -0.160. The molecule has 3 heterocycles. The number of amides is 1. The van der Waals surface area contributed by atoms with Gasteiger partial charge >= 0.3 is 11.8 Å². The van der Waals surface area contributed by atoms with Crippen molar-refractivity contribution in [1.29, 1.82) is 0 Å². The number of carbonyl (C=O) groups is 4.